The molecule has 0 radical (unpaired) electrons. The maximum Gasteiger partial charge on any atom is 0.179 e. The van der Waals surface area contributed by atoms with Gasteiger partial charge in [-0.25, -0.2) is 9.97 Å². The third-order valence-electron chi connectivity index (χ3n) is 3.47. The molecule has 3 nitrogen and oxygen atoms in total. The maximum atomic E-state index is 5.99. The lowest BCUT2D eigenvalue weighted by molar-refractivity contribution is 0.601. The molecule has 0 atom stereocenters. The van der Waals surface area contributed by atoms with E-state index in [9.17, 15) is 0 Å². The van der Waals surface area contributed by atoms with E-state index in [1.54, 1.807) is 6.07 Å². The van der Waals surface area contributed by atoms with Crippen LogP contribution in [0.25, 0.3) is 11.2 Å². The average molecular weight is 306 g/mol. The van der Waals surface area contributed by atoms with E-state index in [1.165, 1.54) is 5.56 Å². The van der Waals surface area contributed by atoms with Crippen molar-refractivity contribution in [1.29, 1.82) is 0 Å². The van der Waals surface area contributed by atoms with Crippen LogP contribution in [0.3, 0.4) is 0 Å². The number of nitrogens with one attached hydrogen (secondary N) is 1. The molecule has 0 saturated carbocycles. The van der Waals surface area contributed by atoms with Crippen molar-refractivity contribution in [3.63, 3.8) is 0 Å². The fraction of sp³-hybridized carbons (Fsp3) is 0.200. The number of imidazole rings is 1. The topological polar surface area (TPSA) is 41.6 Å². The van der Waals surface area contributed by atoms with Crippen molar-refractivity contribution < 1.29 is 0 Å². The van der Waals surface area contributed by atoms with Crippen molar-refractivity contribution in [3.8, 4) is 0 Å². The number of H-pyrrole nitrogens is 1. The maximum absolute atomic E-state index is 5.99. The fourth-order valence-electron chi connectivity index (χ4n) is 2.18. The molecule has 2 aromatic heterocycles. The zero-order valence-electron chi connectivity index (χ0n) is 11.1. The first-order chi connectivity index (χ1) is 9.48. The Balaban J connectivity index is 2.15. The number of halogens is 2. The Morgan fingerprint density at radius 3 is 2.45 bits per heavy atom. The van der Waals surface area contributed by atoms with Crippen LogP contribution < -0.4 is 0 Å². The van der Waals surface area contributed by atoms with E-state index in [-0.39, 0.29) is 10.6 Å². The number of benzene rings is 1. The summed E-state index contributed by atoms with van der Waals surface area (Å²) in [6, 6.07) is 12.0. The van der Waals surface area contributed by atoms with E-state index >= 15 is 0 Å². The van der Waals surface area contributed by atoms with Crippen LogP contribution in [0, 0.1) is 0 Å². The van der Waals surface area contributed by atoms with Crippen LogP contribution in [-0.2, 0) is 5.41 Å². The molecule has 20 heavy (non-hydrogen) atoms. The lowest BCUT2D eigenvalue weighted by Crippen LogP contribution is -2.20. The second-order valence-electron chi connectivity index (χ2n) is 5.21. The number of hydrogen-bond donors (Lipinski definition) is 1. The number of rotatable bonds is 2. The Hall–Kier alpha value is -1.58. The zero-order valence-corrected chi connectivity index (χ0v) is 12.6. The number of fused-ring (bicyclic) bond motifs is 1. The molecule has 3 rings (SSSR count). The first-order valence-corrected chi connectivity index (χ1v) is 7.02. The van der Waals surface area contributed by atoms with Gasteiger partial charge in [-0.15, -0.1) is 0 Å². The molecule has 0 aliphatic rings. The summed E-state index contributed by atoms with van der Waals surface area (Å²) in [7, 11) is 0. The Kier molecular flexibility index (Phi) is 3.19. The molecule has 5 heteroatoms. The minimum Gasteiger partial charge on any atom is -0.340 e. The minimum absolute atomic E-state index is 0.249. The molecule has 1 N–H and O–H groups in total. The van der Waals surface area contributed by atoms with E-state index in [1.807, 2.05) is 18.2 Å². The van der Waals surface area contributed by atoms with Gasteiger partial charge in [0.05, 0.1) is 10.5 Å². The smallest absolute Gasteiger partial charge is 0.179 e. The van der Waals surface area contributed by atoms with Gasteiger partial charge in [0.25, 0.3) is 0 Å². The van der Waals surface area contributed by atoms with E-state index < -0.39 is 0 Å². The molecule has 0 saturated heterocycles. The molecule has 1 aromatic carbocycles. The van der Waals surface area contributed by atoms with E-state index in [4.69, 9.17) is 23.2 Å². The van der Waals surface area contributed by atoms with Crippen LogP contribution in [0.5, 0.6) is 0 Å². The lowest BCUT2D eigenvalue weighted by Gasteiger charge is -2.22. The molecular formula is C15H13Cl2N3. The number of aromatic nitrogens is 3. The Morgan fingerprint density at radius 2 is 1.75 bits per heavy atom. The third kappa shape index (κ3) is 2.17. The first-order valence-electron chi connectivity index (χ1n) is 6.26. The monoisotopic (exact) mass is 305 g/mol. The van der Waals surface area contributed by atoms with Gasteiger partial charge in [-0.2, -0.15) is 0 Å². The van der Waals surface area contributed by atoms with Crippen LogP contribution in [0.2, 0.25) is 10.2 Å². The SMILES string of the molecule is CC(C)(c1ccccc1)c1nc2nc(Cl)c(Cl)cc2[nH]1. The zero-order chi connectivity index (χ0) is 14.3. The molecular weight excluding hydrogens is 293 g/mol. The second-order valence-corrected chi connectivity index (χ2v) is 5.97. The highest BCUT2D eigenvalue weighted by molar-refractivity contribution is 6.41. The molecule has 0 spiro atoms. The summed E-state index contributed by atoms with van der Waals surface area (Å²) >= 11 is 11.9. The normalized spacial score (nSPS) is 12.0. The summed E-state index contributed by atoms with van der Waals surface area (Å²) in [4.78, 5) is 12.0. The van der Waals surface area contributed by atoms with Gasteiger partial charge in [0.1, 0.15) is 11.0 Å². The Morgan fingerprint density at radius 1 is 1.05 bits per heavy atom. The quantitative estimate of drug-likeness (QED) is 0.703. The number of pyridine rings is 1. The van der Waals surface area contributed by atoms with Gasteiger partial charge in [-0.3, -0.25) is 0 Å². The lowest BCUT2D eigenvalue weighted by atomic mass is 9.84. The highest BCUT2D eigenvalue weighted by Gasteiger charge is 2.27. The predicted octanol–water partition coefficient (Wildman–Crippen LogP) is 4.59. The molecule has 2 heterocycles. The highest BCUT2D eigenvalue weighted by Crippen LogP contribution is 2.31. The van der Waals surface area contributed by atoms with Crippen molar-refractivity contribution in [2.45, 2.75) is 19.3 Å². The van der Waals surface area contributed by atoms with Crippen molar-refractivity contribution in [2.24, 2.45) is 0 Å². The van der Waals surface area contributed by atoms with Gasteiger partial charge in [0.15, 0.2) is 5.65 Å². The predicted molar refractivity (Wildman–Crippen MR) is 82.5 cm³/mol. The molecule has 0 aliphatic heterocycles. The summed E-state index contributed by atoms with van der Waals surface area (Å²) in [5.74, 6) is 0.838. The van der Waals surface area contributed by atoms with Crippen LogP contribution in [0.1, 0.15) is 25.2 Å². The molecule has 0 aliphatic carbocycles. The molecule has 102 valence electrons. The van der Waals surface area contributed by atoms with Crippen LogP contribution in [0.15, 0.2) is 36.4 Å². The molecule has 0 bridgehead atoms. The number of aromatic amines is 1. The van der Waals surface area contributed by atoms with E-state index in [2.05, 4.69) is 40.9 Å². The molecule has 0 fully saturated rings. The third-order valence-corrected chi connectivity index (χ3v) is 4.14. The van der Waals surface area contributed by atoms with Crippen LogP contribution >= 0.6 is 23.2 Å². The summed E-state index contributed by atoms with van der Waals surface area (Å²) in [6.07, 6.45) is 0. The van der Waals surface area contributed by atoms with Crippen LogP contribution in [-0.4, -0.2) is 15.0 Å². The summed E-state index contributed by atoms with van der Waals surface area (Å²) in [6.45, 7) is 4.23. The Labute approximate surface area is 127 Å². The second kappa shape index (κ2) is 4.76. The van der Waals surface area contributed by atoms with Crippen LogP contribution in [0.4, 0.5) is 0 Å². The van der Waals surface area contributed by atoms with Crippen molar-refractivity contribution >= 4 is 34.4 Å². The van der Waals surface area contributed by atoms with E-state index in [0.717, 1.165) is 11.3 Å². The van der Waals surface area contributed by atoms with Crippen molar-refractivity contribution in [1.82, 2.24) is 15.0 Å². The summed E-state index contributed by atoms with van der Waals surface area (Å²) in [5, 5.41) is 0.696. The van der Waals surface area contributed by atoms with Gasteiger partial charge in [-0.05, 0) is 25.5 Å². The largest absolute Gasteiger partial charge is 0.340 e. The Bertz CT molecular complexity index is 724. The highest BCUT2D eigenvalue weighted by atomic mass is 35.5. The van der Waals surface area contributed by atoms with Gasteiger partial charge in [0, 0.05) is 5.41 Å². The van der Waals surface area contributed by atoms with Gasteiger partial charge in [0.2, 0.25) is 0 Å². The minimum atomic E-state index is -0.249. The van der Waals surface area contributed by atoms with E-state index in [0.29, 0.717) is 10.7 Å². The van der Waals surface area contributed by atoms with Gasteiger partial charge in [-0.1, -0.05) is 53.5 Å². The molecule has 0 unspecified atom stereocenters. The number of hydrogen-bond acceptors (Lipinski definition) is 2. The standard InChI is InChI=1S/C15H13Cl2N3/c1-15(2,9-6-4-3-5-7-9)14-18-11-8-10(16)12(17)19-13(11)20-14/h3-8H,1-2H3,(H,18,19,20). The average Bonchev–Trinajstić information content (AvgIpc) is 2.84. The fourth-order valence-corrected chi connectivity index (χ4v) is 2.47. The summed E-state index contributed by atoms with van der Waals surface area (Å²) in [5.41, 5.74) is 2.30. The summed E-state index contributed by atoms with van der Waals surface area (Å²) < 4.78 is 0. The molecule has 0 amide bonds. The van der Waals surface area contributed by atoms with Crippen molar-refractivity contribution in [2.75, 3.05) is 0 Å². The van der Waals surface area contributed by atoms with Gasteiger partial charge < -0.3 is 4.98 Å². The first kappa shape index (κ1) is 13.4. The van der Waals surface area contributed by atoms with Gasteiger partial charge >= 0.3 is 0 Å². The molecule has 3 aromatic rings. The van der Waals surface area contributed by atoms with Crippen molar-refractivity contribution in [3.05, 3.63) is 58.0 Å². The number of nitrogens with zero attached hydrogens (tertiary/aromatic N) is 2.